The first kappa shape index (κ1) is 9.93. The van der Waals surface area contributed by atoms with E-state index >= 15 is 0 Å². The van der Waals surface area contributed by atoms with E-state index in [2.05, 4.69) is 0 Å². The molecule has 1 heterocycles. The van der Waals surface area contributed by atoms with Crippen LogP contribution >= 0.6 is 0 Å². The summed E-state index contributed by atoms with van der Waals surface area (Å²) in [6.07, 6.45) is 3.17. The molecule has 2 N–H and O–H groups in total. The number of amides is 1. The van der Waals surface area contributed by atoms with Crippen LogP contribution in [0.3, 0.4) is 0 Å². The fraction of sp³-hybridized carbons (Fsp3) is 0.900. The van der Waals surface area contributed by atoms with E-state index in [0.717, 1.165) is 0 Å². The van der Waals surface area contributed by atoms with Crippen molar-refractivity contribution in [1.82, 2.24) is 5.06 Å². The van der Waals surface area contributed by atoms with E-state index in [1.807, 2.05) is 6.92 Å². The Balaban J connectivity index is 1.84. The van der Waals surface area contributed by atoms with E-state index in [1.165, 1.54) is 17.9 Å². The van der Waals surface area contributed by atoms with Gasteiger partial charge in [-0.15, -0.1) is 0 Å². The number of nitrogens with two attached hydrogens (primary N) is 1. The largest absolute Gasteiger partial charge is 0.330 e. The van der Waals surface area contributed by atoms with Crippen LogP contribution in [-0.2, 0) is 9.63 Å². The molecule has 4 nitrogen and oxygen atoms in total. The van der Waals surface area contributed by atoms with Crippen molar-refractivity contribution in [3.63, 3.8) is 0 Å². The molecule has 0 spiro atoms. The van der Waals surface area contributed by atoms with Gasteiger partial charge in [-0.2, -0.15) is 0 Å². The van der Waals surface area contributed by atoms with E-state index in [-0.39, 0.29) is 12.0 Å². The second kappa shape index (κ2) is 3.87. The predicted molar refractivity (Wildman–Crippen MR) is 52.1 cm³/mol. The standard InChI is InChI=1S/C10H18N2O2/c1-7(5-11)6-12-10(13)4-9(14-12)8-2-3-8/h7-9H,2-6,11H2,1H3. The average Bonchev–Trinajstić information content (AvgIpc) is 2.94. The van der Waals surface area contributed by atoms with Gasteiger partial charge in [0.25, 0.3) is 0 Å². The minimum atomic E-state index is 0.127. The van der Waals surface area contributed by atoms with Crippen LogP contribution in [0.5, 0.6) is 0 Å². The lowest BCUT2D eigenvalue weighted by Gasteiger charge is -2.19. The van der Waals surface area contributed by atoms with E-state index in [9.17, 15) is 4.79 Å². The highest BCUT2D eigenvalue weighted by Crippen LogP contribution is 2.38. The summed E-state index contributed by atoms with van der Waals surface area (Å²) in [7, 11) is 0. The predicted octanol–water partition coefficient (Wildman–Crippen LogP) is 0.524. The van der Waals surface area contributed by atoms with Crippen molar-refractivity contribution in [2.75, 3.05) is 13.1 Å². The Bertz CT molecular complexity index is 228. The quantitative estimate of drug-likeness (QED) is 0.716. The van der Waals surface area contributed by atoms with E-state index < -0.39 is 0 Å². The van der Waals surface area contributed by atoms with Gasteiger partial charge in [-0.25, -0.2) is 5.06 Å². The molecule has 2 rings (SSSR count). The third-order valence-corrected chi connectivity index (χ3v) is 2.94. The minimum Gasteiger partial charge on any atom is -0.330 e. The zero-order chi connectivity index (χ0) is 10.1. The van der Waals surface area contributed by atoms with Gasteiger partial charge in [0.1, 0.15) is 0 Å². The smallest absolute Gasteiger partial charge is 0.248 e. The highest BCUT2D eigenvalue weighted by Gasteiger charge is 2.41. The summed E-state index contributed by atoms with van der Waals surface area (Å²) >= 11 is 0. The highest BCUT2D eigenvalue weighted by atomic mass is 16.7. The van der Waals surface area contributed by atoms with Crippen molar-refractivity contribution in [2.45, 2.75) is 32.3 Å². The van der Waals surface area contributed by atoms with Crippen LogP contribution in [0, 0.1) is 11.8 Å². The topological polar surface area (TPSA) is 55.6 Å². The average molecular weight is 198 g/mol. The Kier molecular flexibility index (Phi) is 2.74. The van der Waals surface area contributed by atoms with Gasteiger partial charge in [-0.05, 0) is 31.2 Å². The summed E-state index contributed by atoms with van der Waals surface area (Å²) in [4.78, 5) is 17.1. The molecule has 4 heteroatoms. The number of hydroxylamine groups is 2. The summed E-state index contributed by atoms with van der Waals surface area (Å²) < 4.78 is 0. The van der Waals surface area contributed by atoms with Crippen molar-refractivity contribution < 1.29 is 9.63 Å². The third-order valence-electron chi connectivity index (χ3n) is 2.94. The minimum absolute atomic E-state index is 0.127. The first-order chi connectivity index (χ1) is 6.70. The maximum absolute atomic E-state index is 11.5. The summed E-state index contributed by atoms with van der Waals surface area (Å²) in [5, 5.41) is 1.51. The molecule has 0 radical (unpaired) electrons. The Morgan fingerprint density at radius 2 is 2.36 bits per heavy atom. The van der Waals surface area contributed by atoms with Gasteiger partial charge >= 0.3 is 0 Å². The van der Waals surface area contributed by atoms with Gasteiger partial charge in [0, 0.05) is 0 Å². The fourth-order valence-electron chi connectivity index (χ4n) is 1.76. The molecule has 1 aliphatic carbocycles. The number of carbonyl (C=O) groups excluding carboxylic acids is 1. The molecule has 0 aromatic heterocycles. The number of rotatable bonds is 4. The van der Waals surface area contributed by atoms with Crippen LogP contribution in [0.25, 0.3) is 0 Å². The molecule has 0 aromatic carbocycles. The zero-order valence-corrected chi connectivity index (χ0v) is 8.61. The Hall–Kier alpha value is -0.610. The lowest BCUT2D eigenvalue weighted by Crippen LogP contribution is -2.32. The molecular weight excluding hydrogens is 180 g/mol. The maximum atomic E-state index is 11.5. The monoisotopic (exact) mass is 198 g/mol. The number of carbonyl (C=O) groups is 1. The van der Waals surface area contributed by atoms with Gasteiger partial charge < -0.3 is 5.73 Å². The SMILES string of the molecule is CC(CN)CN1OC(C2CC2)CC1=O. The highest BCUT2D eigenvalue weighted by molar-refractivity contribution is 5.77. The lowest BCUT2D eigenvalue weighted by atomic mass is 10.1. The van der Waals surface area contributed by atoms with Crippen molar-refractivity contribution in [3.05, 3.63) is 0 Å². The van der Waals surface area contributed by atoms with Crippen LogP contribution in [0.1, 0.15) is 26.2 Å². The van der Waals surface area contributed by atoms with Crippen molar-refractivity contribution in [1.29, 1.82) is 0 Å². The van der Waals surface area contributed by atoms with Crippen molar-refractivity contribution >= 4 is 5.91 Å². The van der Waals surface area contributed by atoms with Gasteiger partial charge in [-0.1, -0.05) is 6.92 Å². The first-order valence-electron chi connectivity index (χ1n) is 5.38. The molecule has 0 aromatic rings. The van der Waals surface area contributed by atoms with Crippen LogP contribution in [0.2, 0.25) is 0 Å². The van der Waals surface area contributed by atoms with Crippen LogP contribution in [0.15, 0.2) is 0 Å². The summed E-state index contributed by atoms with van der Waals surface area (Å²) in [5.41, 5.74) is 5.51. The lowest BCUT2D eigenvalue weighted by molar-refractivity contribution is -0.178. The Labute approximate surface area is 84.3 Å². The molecule has 1 saturated heterocycles. The summed E-state index contributed by atoms with van der Waals surface area (Å²) in [6, 6.07) is 0. The molecule has 2 aliphatic rings. The van der Waals surface area contributed by atoms with E-state index in [4.69, 9.17) is 10.6 Å². The summed E-state index contributed by atoms with van der Waals surface area (Å²) in [6.45, 7) is 3.26. The molecule has 2 unspecified atom stereocenters. The van der Waals surface area contributed by atoms with Gasteiger partial charge in [0.15, 0.2) is 0 Å². The molecule has 1 aliphatic heterocycles. The molecule has 1 saturated carbocycles. The second-order valence-corrected chi connectivity index (χ2v) is 4.48. The van der Waals surface area contributed by atoms with Crippen molar-refractivity contribution in [2.24, 2.45) is 17.6 Å². The fourth-order valence-corrected chi connectivity index (χ4v) is 1.76. The van der Waals surface area contributed by atoms with Gasteiger partial charge in [-0.3, -0.25) is 9.63 Å². The molecule has 80 valence electrons. The molecule has 14 heavy (non-hydrogen) atoms. The molecular formula is C10H18N2O2. The zero-order valence-electron chi connectivity index (χ0n) is 8.61. The molecule has 1 amide bonds. The molecule has 2 fully saturated rings. The Morgan fingerprint density at radius 3 is 2.93 bits per heavy atom. The van der Waals surface area contributed by atoms with E-state index in [1.54, 1.807) is 0 Å². The van der Waals surface area contributed by atoms with Crippen LogP contribution in [-0.4, -0.2) is 30.2 Å². The maximum Gasteiger partial charge on any atom is 0.248 e. The molecule has 0 bridgehead atoms. The molecule has 2 atom stereocenters. The Morgan fingerprint density at radius 1 is 1.64 bits per heavy atom. The number of hydrogen-bond donors (Lipinski definition) is 1. The second-order valence-electron chi connectivity index (χ2n) is 4.48. The van der Waals surface area contributed by atoms with E-state index in [0.29, 0.717) is 31.3 Å². The van der Waals surface area contributed by atoms with Crippen molar-refractivity contribution in [3.8, 4) is 0 Å². The number of nitrogens with zero attached hydrogens (tertiary/aromatic N) is 1. The van der Waals surface area contributed by atoms with Gasteiger partial charge in [0.2, 0.25) is 5.91 Å². The first-order valence-corrected chi connectivity index (χ1v) is 5.38. The van der Waals surface area contributed by atoms with Crippen LogP contribution in [0.4, 0.5) is 0 Å². The normalized spacial score (nSPS) is 29.7. The summed E-state index contributed by atoms with van der Waals surface area (Å²) in [5.74, 6) is 1.08. The third kappa shape index (κ3) is 2.07. The van der Waals surface area contributed by atoms with Gasteiger partial charge in [0.05, 0.1) is 19.1 Å². The number of hydrogen-bond acceptors (Lipinski definition) is 3. The van der Waals surface area contributed by atoms with Crippen LogP contribution < -0.4 is 5.73 Å².